The molecule has 52 valence electrons. The number of rotatable bonds is 2. The van der Waals surface area contributed by atoms with Gasteiger partial charge in [-0.3, -0.25) is 5.11 Å². The zero-order chi connectivity index (χ0) is 7.40. The molecule has 1 rings (SSSR count). The Morgan fingerprint density at radius 2 is 1.80 bits per heavy atom. The third-order valence-corrected chi connectivity index (χ3v) is 1.05. The third kappa shape index (κ3) is 1.63. The standard InChI is InChI=1S/C7H6O3/c8-5-10-7-3-1-6(9)2-4-7/h1-4H,5H2. The lowest BCUT2D eigenvalue weighted by Gasteiger charge is -1.97. The van der Waals surface area contributed by atoms with Crippen LogP contribution in [-0.4, -0.2) is 6.79 Å². The molecule has 0 heterocycles. The van der Waals surface area contributed by atoms with Gasteiger partial charge in [-0.2, -0.15) is 5.11 Å². The lowest BCUT2D eigenvalue weighted by atomic mass is 10.3. The first kappa shape index (κ1) is 6.89. The molecule has 0 atom stereocenters. The van der Waals surface area contributed by atoms with Gasteiger partial charge in [0.25, 0.3) is 0 Å². The summed E-state index contributed by atoms with van der Waals surface area (Å²) in [5, 5.41) is 20.4. The van der Waals surface area contributed by atoms with E-state index in [4.69, 9.17) is 0 Å². The molecular weight excluding hydrogens is 132 g/mol. The second kappa shape index (κ2) is 3.08. The highest BCUT2D eigenvalue weighted by molar-refractivity contribution is 5.29. The van der Waals surface area contributed by atoms with E-state index >= 15 is 0 Å². The highest BCUT2D eigenvalue weighted by Gasteiger charge is 1.92. The Labute approximate surface area is 58.5 Å². The molecule has 0 N–H and O–H groups in total. The van der Waals surface area contributed by atoms with Crippen molar-refractivity contribution >= 4 is 0 Å². The van der Waals surface area contributed by atoms with Crippen LogP contribution >= 0.6 is 0 Å². The van der Waals surface area contributed by atoms with Crippen LogP contribution in [0.1, 0.15) is 0 Å². The first-order valence-corrected chi connectivity index (χ1v) is 2.81. The van der Waals surface area contributed by atoms with Crippen LogP contribution in [0.2, 0.25) is 0 Å². The third-order valence-electron chi connectivity index (χ3n) is 1.05. The van der Waals surface area contributed by atoms with Gasteiger partial charge in [0.05, 0.1) is 0 Å². The summed E-state index contributed by atoms with van der Waals surface area (Å²) < 4.78 is 4.57. The number of benzene rings is 1. The van der Waals surface area contributed by atoms with Crippen LogP contribution in [0.3, 0.4) is 0 Å². The van der Waals surface area contributed by atoms with Crippen molar-refractivity contribution in [3.8, 4) is 11.5 Å². The van der Waals surface area contributed by atoms with E-state index in [1.54, 1.807) is 0 Å². The van der Waals surface area contributed by atoms with E-state index in [0.29, 0.717) is 5.75 Å². The molecule has 1 aromatic rings. The lowest BCUT2D eigenvalue weighted by Crippen LogP contribution is -1.91. The minimum Gasteiger partial charge on any atom is -0.465 e. The zero-order valence-electron chi connectivity index (χ0n) is 5.24. The Kier molecular flexibility index (Phi) is 2.12. The van der Waals surface area contributed by atoms with E-state index in [1.807, 2.05) is 0 Å². The van der Waals surface area contributed by atoms with Crippen LogP contribution in [-0.2, 0) is 10.2 Å². The van der Waals surface area contributed by atoms with E-state index in [9.17, 15) is 10.2 Å². The molecule has 0 bridgehead atoms. The number of ether oxygens (including phenoxy) is 1. The Morgan fingerprint density at radius 1 is 1.20 bits per heavy atom. The van der Waals surface area contributed by atoms with Gasteiger partial charge in [0.1, 0.15) is 5.75 Å². The second-order valence-corrected chi connectivity index (χ2v) is 1.73. The monoisotopic (exact) mass is 138 g/mol. The average Bonchev–Trinajstić information content (AvgIpc) is 1.95. The number of hydrogen-bond acceptors (Lipinski definition) is 1. The molecule has 0 saturated heterocycles. The number of hydrogen-bond donors (Lipinski definition) is 0. The summed E-state index contributed by atoms with van der Waals surface area (Å²) in [7, 11) is 0. The van der Waals surface area contributed by atoms with Crippen molar-refractivity contribution in [2.24, 2.45) is 0 Å². The van der Waals surface area contributed by atoms with Crippen molar-refractivity contribution in [2.45, 2.75) is 0 Å². The summed E-state index contributed by atoms with van der Waals surface area (Å²) in [5.41, 5.74) is 0. The molecule has 2 radical (unpaired) electrons. The Hall–Kier alpha value is -1.22. The highest BCUT2D eigenvalue weighted by Crippen LogP contribution is 2.15. The molecule has 1 aromatic carbocycles. The Balaban J connectivity index is 2.69. The van der Waals surface area contributed by atoms with E-state index in [2.05, 4.69) is 4.74 Å². The van der Waals surface area contributed by atoms with Crippen molar-refractivity contribution in [3.05, 3.63) is 24.3 Å². The van der Waals surface area contributed by atoms with Crippen molar-refractivity contribution in [1.82, 2.24) is 0 Å². The summed E-state index contributed by atoms with van der Waals surface area (Å²) in [5.74, 6) is 0.354. The molecule has 0 spiro atoms. The van der Waals surface area contributed by atoms with E-state index in [-0.39, 0.29) is 5.75 Å². The van der Waals surface area contributed by atoms with Crippen molar-refractivity contribution < 1.29 is 14.9 Å². The molecule has 0 aromatic heterocycles. The van der Waals surface area contributed by atoms with Crippen LogP contribution < -0.4 is 4.74 Å². The van der Waals surface area contributed by atoms with Crippen LogP contribution in [0, 0.1) is 0 Å². The summed E-state index contributed by atoms with van der Waals surface area (Å²) in [6.07, 6.45) is 0. The fourth-order valence-corrected chi connectivity index (χ4v) is 0.604. The van der Waals surface area contributed by atoms with Gasteiger partial charge in [-0.15, -0.1) is 0 Å². The lowest BCUT2D eigenvalue weighted by molar-refractivity contribution is 0.0375. The van der Waals surface area contributed by atoms with E-state index in [0.717, 1.165) is 0 Å². The van der Waals surface area contributed by atoms with Crippen LogP contribution in [0.5, 0.6) is 11.5 Å². The largest absolute Gasteiger partial charge is 0.465 e. The fourth-order valence-electron chi connectivity index (χ4n) is 0.604. The van der Waals surface area contributed by atoms with Gasteiger partial charge < -0.3 is 4.74 Å². The molecule has 0 aliphatic heterocycles. The molecule has 0 unspecified atom stereocenters. The molecule has 10 heavy (non-hydrogen) atoms. The maximum atomic E-state index is 10.5. The van der Waals surface area contributed by atoms with Gasteiger partial charge in [-0.25, -0.2) is 0 Å². The van der Waals surface area contributed by atoms with Gasteiger partial charge in [0.15, 0.2) is 5.75 Å². The normalized spacial score (nSPS) is 9.30. The van der Waals surface area contributed by atoms with Gasteiger partial charge in [0.2, 0.25) is 6.79 Å². The van der Waals surface area contributed by atoms with E-state index in [1.165, 1.54) is 24.3 Å². The molecule has 0 saturated carbocycles. The smallest absolute Gasteiger partial charge is 0.221 e. The molecule has 0 amide bonds. The first-order chi connectivity index (χ1) is 4.83. The molecule has 3 heteroatoms. The fraction of sp³-hybridized carbons (Fsp3) is 0.143. The molecule has 0 aliphatic rings. The summed E-state index contributed by atoms with van der Waals surface area (Å²) in [4.78, 5) is 0. The highest BCUT2D eigenvalue weighted by atomic mass is 16.6. The molecular formula is C7H6O3. The van der Waals surface area contributed by atoms with Crippen LogP contribution in [0.15, 0.2) is 24.3 Å². The van der Waals surface area contributed by atoms with Gasteiger partial charge in [-0.1, -0.05) is 0 Å². The quantitative estimate of drug-likeness (QED) is 0.572. The van der Waals surface area contributed by atoms with Gasteiger partial charge >= 0.3 is 0 Å². The minimum atomic E-state index is -0.613. The second-order valence-electron chi connectivity index (χ2n) is 1.73. The van der Waals surface area contributed by atoms with Crippen molar-refractivity contribution in [3.63, 3.8) is 0 Å². The Bertz CT molecular complexity index is 193. The molecule has 0 fully saturated rings. The minimum absolute atomic E-state index is 0.0850. The van der Waals surface area contributed by atoms with Crippen molar-refractivity contribution in [1.29, 1.82) is 0 Å². The topological polar surface area (TPSA) is 49.0 Å². The zero-order valence-corrected chi connectivity index (χ0v) is 5.24. The van der Waals surface area contributed by atoms with E-state index < -0.39 is 6.79 Å². The first-order valence-electron chi connectivity index (χ1n) is 2.81. The predicted molar refractivity (Wildman–Crippen MR) is 32.8 cm³/mol. The Morgan fingerprint density at radius 3 is 2.30 bits per heavy atom. The van der Waals surface area contributed by atoms with Gasteiger partial charge in [-0.05, 0) is 24.3 Å². The van der Waals surface area contributed by atoms with Crippen LogP contribution in [0.4, 0.5) is 0 Å². The predicted octanol–water partition coefficient (Wildman–Crippen LogP) is 1.60. The van der Waals surface area contributed by atoms with Crippen LogP contribution in [0.25, 0.3) is 0 Å². The summed E-state index contributed by atoms with van der Waals surface area (Å²) >= 11 is 0. The SMILES string of the molecule is [O]COc1ccc([O])cc1. The summed E-state index contributed by atoms with van der Waals surface area (Å²) in [6, 6.07) is 5.65. The van der Waals surface area contributed by atoms with Gasteiger partial charge in [0, 0.05) is 0 Å². The maximum Gasteiger partial charge on any atom is 0.221 e. The molecule has 3 nitrogen and oxygen atoms in total. The van der Waals surface area contributed by atoms with Crippen molar-refractivity contribution in [2.75, 3.05) is 6.79 Å². The summed E-state index contributed by atoms with van der Waals surface area (Å²) in [6.45, 7) is -0.613. The molecule has 0 aliphatic carbocycles. The average molecular weight is 138 g/mol. The maximum absolute atomic E-state index is 10.5.